The lowest BCUT2D eigenvalue weighted by molar-refractivity contribution is 0.378. The molecular formula is C23H18ClN3O5S. The molecule has 0 saturated carbocycles. The largest absolute Gasteiger partial charge is 0.493 e. The summed E-state index contributed by atoms with van der Waals surface area (Å²) in [5.74, 6) is 0.665. The van der Waals surface area contributed by atoms with E-state index in [0.29, 0.717) is 22.6 Å². The average molecular weight is 484 g/mol. The first-order valence-corrected chi connectivity index (χ1v) is 11.5. The Morgan fingerprint density at radius 3 is 2.42 bits per heavy atom. The van der Waals surface area contributed by atoms with Gasteiger partial charge in [0.05, 0.1) is 24.3 Å². The van der Waals surface area contributed by atoms with Crippen LogP contribution in [0.5, 0.6) is 17.2 Å². The summed E-state index contributed by atoms with van der Waals surface area (Å²) in [6.45, 7) is 0. The van der Waals surface area contributed by atoms with E-state index in [0.717, 1.165) is 5.41 Å². The van der Waals surface area contributed by atoms with Crippen molar-refractivity contribution in [1.82, 2.24) is 9.97 Å². The van der Waals surface area contributed by atoms with Gasteiger partial charge < -0.3 is 13.9 Å². The van der Waals surface area contributed by atoms with Crippen molar-refractivity contribution in [3.05, 3.63) is 89.3 Å². The zero-order valence-electron chi connectivity index (χ0n) is 17.3. The van der Waals surface area contributed by atoms with Gasteiger partial charge in [0, 0.05) is 0 Å². The first-order valence-electron chi connectivity index (χ1n) is 9.62. The standard InChI is InChI=1S/C23H18ClN3O5S/c1-30-18-9-5-6-10-19(18)32-20-21(24)25-22(17-11-13-31-15-17)26-23(20)27-33(28,29)14-12-16-7-3-2-4-8-16/h2-15H,1H3,(H,25,26,27). The van der Waals surface area contributed by atoms with Crippen LogP contribution in [0.15, 0.2) is 83.0 Å². The predicted molar refractivity (Wildman–Crippen MR) is 126 cm³/mol. The van der Waals surface area contributed by atoms with E-state index in [4.69, 9.17) is 25.5 Å². The lowest BCUT2D eigenvalue weighted by Gasteiger charge is -2.15. The van der Waals surface area contributed by atoms with Crippen molar-refractivity contribution >= 4 is 33.5 Å². The third kappa shape index (κ3) is 5.51. The number of hydrogen-bond acceptors (Lipinski definition) is 7. The average Bonchev–Trinajstić information content (AvgIpc) is 3.36. The molecule has 0 bridgehead atoms. The summed E-state index contributed by atoms with van der Waals surface area (Å²) < 4.78 is 44.3. The second-order valence-electron chi connectivity index (χ2n) is 6.64. The van der Waals surface area contributed by atoms with Gasteiger partial charge in [0.2, 0.25) is 5.75 Å². The Balaban J connectivity index is 1.74. The number of nitrogens with zero attached hydrogens (tertiary/aromatic N) is 2. The lowest BCUT2D eigenvalue weighted by atomic mass is 10.2. The van der Waals surface area contributed by atoms with Crippen molar-refractivity contribution in [1.29, 1.82) is 0 Å². The normalized spacial score (nSPS) is 11.5. The van der Waals surface area contributed by atoms with E-state index in [-0.39, 0.29) is 22.5 Å². The lowest BCUT2D eigenvalue weighted by Crippen LogP contribution is -2.12. The van der Waals surface area contributed by atoms with Gasteiger partial charge in [-0.25, -0.2) is 18.4 Å². The second-order valence-corrected chi connectivity index (χ2v) is 8.57. The van der Waals surface area contributed by atoms with E-state index in [1.165, 1.54) is 25.7 Å². The summed E-state index contributed by atoms with van der Waals surface area (Å²) in [4.78, 5) is 8.55. The third-order valence-corrected chi connectivity index (χ3v) is 5.59. The number of anilines is 1. The van der Waals surface area contributed by atoms with Crippen LogP contribution < -0.4 is 14.2 Å². The van der Waals surface area contributed by atoms with Crippen LogP contribution in [-0.4, -0.2) is 25.5 Å². The zero-order valence-corrected chi connectivity index (χ0v) is 18.9. The highest BCUT2D eigenvalue weighted by Gasteiger charge is 2.21. The smallest absolute Gasteiger partial charge is 0.256 e. The third-order valence-electron chi connectivity index (χ3n) is 4.36. The summed E-state index contributed by atoms with van der Waals surface area (Å²) in [6, 6.07) is 17.5. The maximum Gasteiger partial charge on any atom is 0.256 e. The van der Waals surface area contributed by atoms with Crippen LogP contribution in [0.4, 0.5) is 5.82 Å². The van der Waals surface area contributed by atoms with E-state index in [9.17, 15) is 8.42 Å². The van der Waals surface area contributed by atoms with Crippen LogP contribution in [-0.2, 0) is 10.0 Å². The summed E-state index contributed by atoms with van der Waals surface area (Å²) >= 11 is 6.40. The van der Waals surface area contributed by atoms with Crippen LogP contribution >= 0.6 is 11.6 Å². The quantitative estimate of drug-likeness (QED) is 0.325. The van der Waals surface area contributed by atoms with Crippen molar-refractivity contribution in [3.63, 3.8) is 0 Å². The fourth-order valence-corrected chi connectivity index (χ4v) is 3.84. The van der Waals surface area contributed by atoms with Crippen LogP contribution in [0.2, 0.25) is 5.15 Å². The summed E-state index contributed by atoms with van der Waals surface area (Å²) in [5.41, 5.74) is 1.23. The van der Waals surface area contributed by atoms with Gasteiger partial charge in [0.1, 0.15) is 6.26 Å². The molecule has 0 atom stereocenters. The molecule has 0 aliphatic rings. The Morgan fingerprint density at radius 1 is 1.00 bits per heavy atom. The molecule has 0 unspecified atom stereocenters. The Bertz CT molecular complexity index is 1370. The maximum atomic E-state index is 12.8. The van der Waals surface area contributed by atoms with Crippen LogP contribution in [0.3, 0.4) is 0 Å². The number of benzene rings is 2. The van der Waals surface area contributed by atoms with E-state index in [1.807, 2.05) is 6.07 Å². The fraction of sp³-hybridized carbons (Fsp3) is 0.0435. The van der Waals surface area contributed by atoms with Crippen molar-refractivity contribution in [2.24, 2.45) is 0 Å². The molecule has 0 fully saturated rings. The first kappa shape index (κ1) is 22.4. The minimum atomic E-state index is -3.98. The van der Waals surface area contributed by atoms with E-state index >= 15 is 0 Å². The first-order chi connectivity index (χ1) is 15.9. The van der Waals surface area contributed by atoms with Gasteiger partial charge in [-0.15, -0.1) is 0 Å². The number of methoxy groups -OCH3 is 1. The Hall–Kier alpha value is -3.82. The van der Waals surface area contributed by atoms with Crippen LogP contribution in [0.1, 0.15) is 5.56 Å². The van der Waals surface area contributed by atoms with E-state index < -0.39 is 10.0 Å². The van der Waals surface area contributed by atoms with Gasteiger partial charge in [0.15, 0.2) is 28.3 Å². The molecule has 33 heavy (non-hydrogen) atoms. The van der Waals surface area contributed by atoms with Gasteiger partial charge in [0.25, 0.3) is 10.0 Å². The summed E-state index contributed by atoms with van der Waals surface area (Å²) in [6.07, 6.45) is 4.32. The maximum absolute atomic E-state index is 12.8. The number of halogens is 1. The molecule has 0 saturated heterocycles. The Labute approximate surface area is 195 Å². The number of hydrogen-bond donors (Lipinski definition) is 1. The zero-order chi connectivity index (χ0) is 23.3. The summed E-state index contributed by atoms with van der Waals surface area (Å²) in [7, 11) is -2.49. The van der Waals surface area contributed by atoms with Crippen molar-refractivity contribution in [3.8, 4) is 28.6 Å². The SMILES string of the molecule is COc1ccccc1Oc1c(Cl)nc(-c2ccoc2)nc1NS(=O)(=O)C=Cc1ccccc1. The molecule has 4 aromatic rings. The topological polar surface area (TPSA) is 104 Å². The monoisotopic (exact) mass is 483 g/mol. The molecule has 168 valence electrons. The molecule has 4 rings (SSSR count). The number of nitrogens with one attached hydrogen (secondary N) is 1. The molecule has 2 aromatic carbocycles. The second kappa shape index (κ2) is 9.76. The molecule has 8 nitrogen and oxygen atoms in total. The fourth-order valence-electron chi connectivity index (χ4n) is 2.82. The highest BCUT2D eigenvalue weighted by atomic mass is 35.5. The molecule has 2 heterocycles. The van der Waals surface area contributed by atoms with Crippen LogP contribution in [0.25, 0.3) is 17.5 Å². The summed E-state index contributed by atoms with van der Waals surface area (Å²) in [5, 5.41) is 0.930. The number of furan rings is 1. The molecule has 0 spiro atoms. The highest BCUT2D eigenvalue weighted by molar-refractivity contribution is 7.95. The Kier molecular flexibility index (Phi) is 6.62. The molecule has 0 amide bonds. The number of rotatable bonds is 8. The van der Waals surface area contributed by atoms with Crippen LogP contribution in [0, 0.1) is 0 Å². The van der Waals surface area contributed by atoms with Crippen molar-refractivity contribution in [2.75, 3.05) is 11.8 Å². The van der Waals surface area contributed by atoms with Crippen molar-refractivity contribution in [2.45, 2.75) is 0 Å². The highest BCUT2D eigenvalue weighted by Crippen LogP contribution is 2.39. The number of sulfonamides is 1. The molecule has 2 aromatic heterocycles. The minimum absolute atomic E-state index is 0.0786. The number of para-hydroxylation sites is 2. The number of aromatic nitrogens is 2. The van der Waals surface area contributed by atoms with E-state index in [2.05, 4.69) is 14.7 Å². The van der Waals surface area contributed by atoms with Gasteiger partial charge in [-0.1, -0.05) is 54.1 Å². The predicted octanol–water partition coefficient (Wildman–Crippen LogP) is 5.60. The minimum Gasteiger partial charge on any atom is -0.493 e. The van der Waals surface area contributed by atoms with Crippen molar-refractivity contribution < 1.29 is 22.3 Å². The molecular weight excluding hydrogens is 466 g/mol. The molecule has 0 radical (unpaired) electrons. The Morgan fingerprint density at radius 2 is 1.73 bits per heavy atom. The number of ether oxygens (including phenoxy) is 2. The van der Waals surface area contributed by atoms with Gasteiger partial charge in [-0.3, -0.25) is 4.72 Å². The molecule has 1 N–H and O–H groups in total. The van der Waals surface area contributed by atoms with Gasteiger partial charge in [-0.2, -0.15) is 0 Å². The van der Waals surface area contributed by atoms with Gasteiger partial charge >= 0.3 is 0 Å². The van der Waals surface area contributed by atoms with E-state index in [1.54, 1.807) is 54.6 Å². The van der Waals surface area contributed by atoms with Gasteiger partial charge in [-0.05, 0) is 29.8 Å². The molecule has 0 aliphatic carbocycles. The molecule has 0 aliphatic heterocycles. The molecule has 10 heteroatoms.